The molecule has 4 rings (SSSR count). The number of hydrogen-bond acceptors (Lipinski definition) is 5. The maximum Gasteiger partial charge on any atom is 0.329 e. The molecule has 0 aliphatic heterocycles. The van der Waals surface area contributed by atoms with E-state index in [-0.39, 0.29) is 5.92 Å². The summed E-state index contributed by atoms with van der Waals surface area (Å²) < 4.78 is 1.77. The van der Waals surface area contributed by atoms with E-state index in [0.717, 1.165) is 16.8 Å². The fraction of sp³-hybridized carbons (Fsp3) is 0.241. The van der Waals surface area contributed by atoms with Crippen LogP contribution in [0.4, 0.5) is 0 Å². The van der Waals surface area contributed by atoms with Gasteiger partial charge in [0.05, 0.1) is 24.1 Å². The number of hydrogen-bond donors (Lipinski definition) is 4. The third kappa shape index (κ3) is 5.66. The van der Waals surface area contributed by atoms with E-state index in [0.29, 0.717) is 23.4 Å². The molecule has 0 saturated carbocycles. The van der Waals surface area contributed by atoms with Gasteiger partial charge in [-0.15, -0.1) is 0 Å². The van der Waals surface area contributed by atoms with Crippen LogP contribution in [0, 0.1) is 17.2 Å². The van der Waals surface area contributed by atoms with Crippen molar-refractivity contribution in [1.29, 1.82) is 5.26 Å². The van der Waals surface area contributed by atoms with Gasteiger partial charge in [-0.3, -0.25) is 10.1 Å². The Morgan fingerprint density at radius 1 is 1.08 bits per heavy atom. The van der Waals surface area contributed by atoms with Crippen LogP contribution < -0.4 is 5.32 Å². The number of H-pyrrole nitrogens is 1. The highest BCUT2D eigenvalue weighted by Gasteiger charge is 2.45. The van der Waals surface area contributed by atoms with Crippen LogP contribution in [-0.4, -0.2) is 36.7 Å². The molecule has 4 N–H and O–H groups in total. The number of nitrogens with zero attached hydrogens (tertiary/aromatic N) is 3. The summed E-state index contributed by atoms with van der Waals surface area (Å²) in [6.45, 7) is 4.02. The van der Waals surface area contributed by atoms with Crippen molar-refractivity contribution >= 4 is 11.9 Å². The lowest BCUT2D eigenvalue weighted by Gasteiger charge is -2.33. The summed E-state index contributed by atoms with van der Waals surface area (Å²) in [5, 5.41) is 32.3. The zero-order valence-corrected chi connectivity index (χ0v) is 21.1. The lowest BCUT2D eigenvalue weighted by Crippen LogP contribution is -2.52. The maximum absolute atomic E-state index is 12.8. The Balaban J connectivity index is 1.68. The molecule has 0 fully saturated rings. The molecule has 2 aromatic heterocycles. The minimum atomic E-state index is -1.88. The van der Waals surface area contributed by atoms with Gasteiger partial charge in [0.25, 0.3) is 0 Å². The number of aromatic nitrogens is 3. The number of carbonyl (C=O) groups is 2. The highest BCUT2D eigenvalue weighted by molar-refractivity contribution is 5.86. The standard InChI is InChI=1S/C29H29N5O4/c1-19(2)15-25(27-31-12-13-32-27)33-29(28(37)38,16-26(35)36)23-11-14-34(18-23)24-9-7-22(8-10-24)21-5-3-20(17-30)4-6-21/h3-14,18-19,25,33H,15-16H2,1-2H3,(H,31,32)(H,35,36)(H,37,38)/t25?,29-/m0/s1. The minimum absolute atomic E-state index is 0.202. The number of carboxylic acid groups (broad SMARTS) is 2. The molecule has 2 aromatic carbocycles. The molecule has 9 heteroatoms. The zero-order chi connectivity index (χ0) is 27.3. The van der Waals surface area contributed by atoms with Crippen molar-refractivity contribution in [2.45, 2.75) is 38.3 Å². The lowest BCUT2D eigenvalue weighted by atomic mass is 9.86. The van der Waals surface area contributed by atoms with Crippen molar-refractivity contribution in [3.8, 4) is 22.9 Å². The Morgan fingerprint density at radius 2 is 1.74 bits per heavy atom. The van der Waals surface area contributed by atoms with Crippen LogP contribution in [-0.2, 0) is 15.1 Å². The molecule has 2 atom stereocenters. The Labute approximate surface area is 220 Å². The summed E-state index contributed by atoms with van der Waals surface area (Å²) in [4.78, 5) is 32.0. The van der Waals surface area contributed by atoms with E-state index < -0.39 is 29.9 Å². The SMILES string of the molecule is CC(C)CC(N[C@](CC(=O)O)(C(=O)O)c1ccn(-c2ccc(-c3ccc(C#N)cc3)cc2)c1)c1ncc[nH]1. The van der Waals surface area contributed by atoms with Gasteiger partial charge in [-0.05, 0) is 53.8 Å². The van der Waals surface area contributed by atoms with Crippen molar-refractivity contribution in [3.63, 3.8) is 0 Å². The molecular weight excluding hydrogens is 482 g/mol. The minimum Gasteiger partial charge on any atom is -0.481 e. The van der Waals surface area contributed by atoms with Crippen molar-refractivity contribution in [2.75, 3.05) is 0 Å². The predicted octanol–water partition coefficient (Wildman–Crippen LogP) is 4.87. The van der Waals surface area contributed by atoms with E-state index in [1.807, 2.05) is 50.2 Å². The van der Waals surface area contributed by atoms with E-state index in [4.69, 9.17) is 5.26 Å². The van der Waals surface area contributed by atoms with Crippen LogP contribution in [0.3, 0.4) is 0 Å². The Kier molecular flexibility index (Phi) is 7.74. The van der Waals surface area contributed by atoms with E-state index in [9.17, 15) is 19.8 Å². The van der Waals surface area contributed by atoms with Gasteiger partial charge in [-0.1, -0.05) is 38.1 Å². The average molecular weight is 512 g/mol. The summed E-state index contributed by atoms with van der Waals surface area (Å²) in [5.74, 6) is -1.77. The first-order valence-corrected chi connectivity index (χ1v) is 12.2. The summed E-state index contributed by atoms with van der Waals surface area (Å²) in [6.07, 6.45) is 6.51. The van der Waals surface area contributed by atoms with Gasteiger partial charge < -0.3 is 19.8 Å². The van der Waals surface area contributed by atoms with Gasteiger partial charge >= 0.3 is 11.9 Å². The highest BCUT2D eigenvalue weighted by atomic mass is 16.4. The maximum atomic E-state index is 12.8. The number of carboxylic acids is 2. The van der Waals surface area contributed by atoms with Gasteiger partial charge in [0.2, 0.25) is 0 Å². The molecule has 0 bridgehead atoms. The Bertz CT molecular complexity index is 1430. The van der Waals surface area contributed by atoms with Crippen molar-refractivity contribution in [2.24, 2.45) is 5.92 Å². The molecule has 2 heterocycles. The normalized spacial score (nSPS) is 13.5. The van der Waals surface area contributed by atoms with Crippen LogP contribution in [0.15, 0.2) is 79.4 Å². The fourth-order valence-electron chi connectivity index (χ4n) is 4.57. The summed E-state index contributed by atoms with van der Waals surface area (Å²) in [6, 6.07) is 18.2. The number of aromatic amines is 1. The van der Waals surface area contributed by atoms with Gasteiger partial charge in [-0.2, -0.15) is 5.26 Å². The number of nitrogens with one attached hydrogen (secondary N) is 2. The number of aliphatic carboxylic acids is 2. The Morgan fingerprint density at radius 3 is 2.26 bits per heavy atom. The van der Waals surface area contributed by atoms with Crippen molar-refractivity contribution in [1.82, 2.24) is 19.9 Å². The van der Waals surface area contributed by atoms with Crippen LogP contribution in [0.1, 0.15) is 49.7 Å². The van der Waals surface area contributed by atoms with Crippen LogP contribution in [0.2, 0.25) is 0 Å². The van der Waals surface area contributed by atoms with Crippen molar-refractivity contribution < 1.29 is 19.8 Å². The second kappa shape index (κ2) is 11.2. The number of imidazole rings is 1. The molecule has 0 amide bonds. The first kappa shape index (κ1) is 26.4. The molecule has 0 radical (unpaired) electrons. The van der Waals surface area contributed by atoms with Crippen LogP contribution in [0.25, 0.3) is 16.8 Å². The molecule has 0 saturated heterocycles. The second-order valence-electron chi connectivity index (χ2n) is 9.63. The quantitative estimate of drug-likeness (QED) is 0.225. The number of benzene rings is 2. The van der Waals surface area contributed by atoms with Gasteiger partial charge in [-0.25, -0.2) is 9.78 Å². The Hall–Kier alpha value is -4.68. The highest BCUT2D eigenvalue weighted by Crippen LogP contribution is 2.33. The molecule has 0 aliphatic carbocycles. The van der Waals surface area contributed by atoms with Crippen LogP contribution >= 0.6 is 0 Å². The average Bonchev–Trinajstić information content (AvgIpc) is 3.61. The van der Waals surface area contributed by atoms with E-state index >= 15 is 0 Å². The van der Waals surface area contributed by atoms with Crippen LogP contribution in [0.5, 0.6) is 0 Å². The first-order valence-electron chi connectivity index (χ1n) is 12.2. The van der Waals surface area contributed by atoms with Gasteiger partial charge in [0.1, 0.15) is 5.82 Å². The monoisotopic (exact) mass is 511 g/mol. The van der Waals surface area contributed by atoms with Crippen molar-refractivity contribution in [3.05, 3.63) is 96.3 Å². The zero-order valence-electron chi connectivity index (χ0n) is 21.1. The second-order valence-corrected chi connectivity index (χ2v) is 9.63. The van der Waals surface area contributed by atoms with E-state index in [2.05, 4.69) is 21.4 Å². The third-order valence-electron chi connectivity index (χ3n) is 6.46. The third-order valence-corrected chi connectivity index (χ3v) is 6.46. The molecular formula is C29H29N5O4. The lowest BCUT2D eigenvalue weighted by molar-refractivity contribution is -0.152. The molecule has 9 nitrogen and oxygen atoms in total. The summed E-state index contributed by atoms with van der Waals surface area (Å²) in [7, 11) is 0. The topological polar surface area (TPSA) is 144 Å². The first-order chi connectivity index (χ1) is 18.2. The smallest absolute Gasteiger partial charge is 0.329 e. The fourth-order valence-corrected chi connectivity index (χ4v) is 4.57. The largest absolute Gasteiger partial charge is 0.481 e. The number of nitriles is 1. The molecule has 38 heavy (non-hydrogen) atoms. The molecule has 194 valence electrons. The molecule has 0 aliphatic rings. The molecule has 1 unspecified atom stereocenters. The van der Waals surface area contributed by atoms with Gasteiger partial charge in [0.15, 0.2) is 5.54 Å². The number of rotatable bonds is 11. The molecule has 4 aromatic rings. The van der Waals surface area contributed by atoms with E-state index in [1.54, 1.807) is 47.6 Å². The van der Waals surface area contributed by atoms with E-state index in [1.165, 1.54) is 0 Å². The molecule has 0 spiro atoms. The summed E-state index contributed by atoms with van der Waals surface area (Å²) >= 11 is 0. The van der Waals surface area contributed by atoms with Gasteiger partial charge in [0, 0.05) is 36.0 Å². The summed E-state index contributed by atoms with van der Waals surface area (Å²) in [5.41, 5.74) is 1.74. The predicted molar refractivity (Wildman–Crippen MR) is 141 cm³/mol.